The van der Waals surface area contributed by atoms with Gasteiger partial charge in [0, 0.05) is 6.20 Å². The minimum absolute atomic E-state index is 0.230. The maximum Gasteiger partial charge on any atom is 0.411 e. The van der Waals surface area contributed by atoms with E-state index in [1.54, 1.807) is 0 Å². The predicted octanol–water partition coefficient (Wildman–Crippen LogP) is 0.912. The van der Waals surface area contributed by atoms with Crippen molar-refractivity contribution in [2.45, 2.75) is 19.5 Å². The number of hydrogen-bond donors (Lipinski definition) is 1. The molecule has 1 N–H and O–H groups in total. The number of rotatable bonds is 4. The number of ether oxygens (including phenoxy) is 1. The van der Waals surface area contributed by atoms with Crippen LogP contribution in [0.15, 0.2) is 12.5 Å². The van der Waals surface area contributed by atoms with E-state index in [1.165, 1.54) is 17.1 Å². The Morgan fingerprint density at radius 1 is 1.50 bits per heavy atom. The summed E-state index contributed by atoms with van der Waals surface area (Å²) in [6.45, 7) is -1.77. The summed E-state index contributed by atoms with van der Waals surface area (Å²) < 4.78 is 40.6. The summed E-state index contributed by atoms with van der Waals surface area (Å²) in [5, 5.41) is 8.61. The van der Waals surface area contributed by atoms with E-state index < -0.39 is 12.8 Å². The third kappa shape index (κ3) is 3.75. The molecule has 0 fully saturated rings. The second kappa shape index (κ2) is 4.43. The van der Waals surface area contributed by atoms with Crippen molar-refractivity contribution in [2.75, 3.05) is 6.61 Å². The van der Waals surface area contributed by atoms with Crippen molar-refractivity contribution in [3.05, 3.63) is 18.2 Å². The lowest BCUT2D eigenvalue weighted by molar-refractivity contribution is -0.181. The molecule has 0 unspecified atom stereocenters. The highest BCUT2D eigenvalue weighted by Gasteiger charge is 2.27. The highest BCUT2D eigenvalue weighted by atomic mass is 19.4. The van der Waals surface area contributed by atoms with Gasteiger partial charge in [0.25, 0.3) is 0 Å². The summed E-state index contributed by atoms with van der Waals surface area (Å²) in [6.07, 6.45) is -1.61. The Morgan fingerprint density at radius 2 is 2.21 bits per heavy atom. The standard InChI is InChI=1S/C7H9F3N2O2/c8-7(9,10)3-14-5-12-1-6(2-13)11-4-12/h1,4,13H,2-3,5H2. The van der Waals surface area contributed by atoms with Crippen molar-refractivity contribution in [1.82, 2.24) is 9.55 Å². The molecule has 1 aromatic rings. The van der Waals surface area contributed by atoms with Crippen LogP contribution >= 0.6 is 0 Å². The Bertz CT molecular complexity index is 285. The zero-order valence-electron chi connectivity index (χ0n) is 7.16. The SMILES string of the molecule is OCc1cn(COCC(F)(F)F)cn1. The van der Waals surface area contributed by atoms with E-state index in [1.807, 2.05) is 0 Å². The Morgan fingerprint density at radius 3 is 2.71 bits per heavy atom. The first-order valence-electron chi connectivity index (χ1n) is 3.77. The predicted molar refractivity (Wildman–Crippen MR) is 40.2 cm³/mol. The summed E-state index contributed by atoms with van der Waals surface area (Å²) in [5.41, 5.74) is 0.389. The van der Waals surface area contributed by atoms with E-state index in [2.05, 4.69) is 9.72 Å². The van der Waals surface area contributed by atoms with Crippen LogP contribution in [0.4, 0.5) is 13.2 Å². The molecular formula is C7H9F3N2O2. The van der Waals surface area contributed by atoms with Gasteiger partial charge in [-0.05, 0) is 0 Å². The Balaban J connectivity index is 2.31. The Labute approximate surface area is 77.9 Å². The van der Waals surface area contributed by atoms with Gasteiger partial charge in [-0.15, -0.1) is 0 Å². The molecule has 1 aromatic heterocycles. The smallest absolute Gasteiger partial charge is 0.390 e. The fourth-order valence-electron chi connectivity index (χ4n) is 0.825. The van der Waals surface area contributed by atoms with Crippen LogP contribution in [0.3, 0.4) is 0 Å². The molecule has 0 saturated heterocycles. The van der Waals surface area contributed by atoms with Crippen molar-refractivity contribution < 1.29 is 23.0 Å². The van der Waals surface area contributed by atoms with Gasteiger partial charge in [-0.3, -0.25) is 0 Å². The van der Waals surface area contributed by atoms with E-state index in [4.69, 9.17) is 5.11 Å². The van der Waals surface area contributed by atoms with Gasteiger partial charge in [0.15, 0.2) is 0 Å². The monoisotopic (exact) mass is 210 g/mol. The van der Waals surface area contributed by atoms with Crippen LogP contribution in [0.1, 0.15) is 5.69 Å². The molecule has 80 valence electrons. The number of aliphatic hydroxyl groups excluding tert-OH is 1. The molecule has 0 aliphatic heterocycles. The molecule has 4 nitrogen and oxygen atoms in total. The van der Waals surface area contributed by atoms with Gasteiger partial charge >= 0.3 is 6.18 Å². The molecule has 7 heteroatoms. The van der Waals surface area contributed by atoms with Gasteiger partial charge in [-0.2, -0.15) is 13.2 Å². The number of hydrogen-bond acceptors (Lipinski definition) is 3. The van der Waals surface area contributed by atoms with Crippen LogP contribution in [0.5, 0.6) is 0 Å². The van der Waals surface area contributed by atoms with E-state index in [0.29, 0.717) is 5.69 Å². The minimum atomic E-state index is -4.32. The molecule has 1 rings (SSSR count). The molecule has 0 aliphatic rings. The van der Waals surface area contributed by atoms with Crippen LogP contribution in [-0.2, 0) is 18.1 Å². The summed E-state index contributed by atoms with van der Waals surface area (Å²) in [4.78, 5) is 3.70. The second-order valence-electron chi connectivity index (χ2n) is 2.63. The molecule has 0 spiro atoms. The lowest BCUT2D eigenvalue weighted by Crippen LogP contribution is -2.18. The summed E-state index contributed by atoms with van der Waals surface area (Å²) in [6, 6.07) is 0. The maximum atomic E-state index is 11.6. The first-order chi connectivity index (χ1) is 6.51. The maximum absolute atomic E-state index is 11.6. The first-order valence-corrected chi connectivity index (χ1v) is 3.77. The van der Waals surface area contributed by atoms with Gasteiger partial charge in [-0.25, -0.2) is 4.98 Å². The topological polar surface area (TPSA) is 47.3 Å². The largest absolute Gasteiger partial charge is 0.411 e. The highest BCUT2D eigenvalue weighted by Crippen LogP contribution is 2.14. The molecule has 0 atom stereocenters. The molecule has 0 amide bonds. The Kier molecular flexibility index (Phi) is 3.48. The van der Waals surface area contributed by atoms with Crippen LogP contribution in [0, 0.1) is 0 Å². The zero-order chi connectivity index (χ0) is 10.6. The average molecular weight is 210 g/mol. The summed E-state index contributed by atoms with van der Waals surface area (Å²) >= 11 is 0. The normalized spacial score (nSPS) is 12.0. The van der Waals surface area contributed by atoms with Gasteiger partial charge in [0.05, 0.1) is 18.6 Å². The first kappa shape index (κ1) is 11.0. The number of halogens is 3. The van der Waals surface area contributed by atoms with Crippen molar-refractivity contribution in [1.29, 1.82) is 0 Å². The van der Waals surface area contributed by atoms with Crippen LogP contribution in [-0.4, -0.2) is 27.4 Å². The van der Waals surface area contributed by atoms with Crippen molar-refractivity contribution in [3.8, 4) is 0 Å². The number of imidazole rings is 1. The van der Waals surface area contributed by atoms with Gasteiger partial charge in [-0.1, -0.05) is 0 Å². The summed E-state index contributed by atoms with van der Waals surface area (Å²) in [5.74, 6) is 0. The molecule has 0 aromatic carbocycles. The number of aromatic nitrogens is 2. The summed E-state index contributed by atoms with van der Waals surface area (Å²) in [7, 11) is 0. The van der Waals surface area contributed by atoms with Crippen LogP contribution in [0.25, 0.3) is 0 Å². The van der Waals surface area contributed by atoms with E-state index in [0.717, 1.165) is 0 Å². The third-order valence-electron chi connectivity index (χ3n) is 1.35. The fraction of sp³-hybridized carbons (Fsp3) is 0.571. The Hall–Kier alpha value is -1.08. The van der Waals surface area contributed by atoms with Crippen molar-refractivity contribution in [2.24, 2.45) is 0 Å². The molecule has 14 heavy (non-hydrogen) atoms. The van der Waals surface area contributed by atoms with Gasteiger partial charge < -0.3 is 14.4 Å². The average Bonchev–Trinajstić information content (AvgIpc) is 2.50. The van der Waals surface area contributed by atoms with E-state index in [9.17, 15) is 13.2 Å². The molecule has 0 radical (unpaired) electrons. The fourth-order valence-corrected chi connectivity index (χ4v) is 0.825. The van der Waals surface area contributed by atoms with Crippen LogP contribution in [0.2, 0.25) is 0 Å². The van der Waals surface area contributed by atoms with Gasteiger partial charge in [0.2, 0.25) is 0 Å². The molecular weight excluding hydrogens is 201 g/mol. The lowest BCUT2D eigenvalue weighted by atomic mass is 10.5. The number of alkyl halides is 3. The van der Waals surface area contributed by atoms with E-state index in [-0.39, 0.29) is 13.3 Å². The second-order valence-corrected chi connectivity index (χ2v) is 2.63. The highest BCUT2D eigenvalue weighted by molar-refractivity contribution is 4.93. The molecule has 1 heterocycles. The van der Waals surface area contributed by atoms with Crippen molar-refractivity contribution in [3.63, 3.8) is 0 Å². The number of aliphatic hydroxyl groups is 1. The lowest BCUT2D eigenvalue weighted by Gasteiger charge is -2.07. The minimum Gasteiger partial charge on any atom is -0.390 e. The van der Waals surface area contributed by atoms with Crippen LogP contribution < -0.4 is 0 Å². The number of nitrogens with zero attached hydrogens (tertiary/aromatic N) is 2. The molecule has 0 bridgehead atoms. The quantitative estimate of drug-likeness (QED) is 0.803. The zero-order valence-corrected chi connectivity index (χ0v) is 7.16. The third-order valence-corrected chi connectivity index (χ3v) is 1.35. The molecule has 0 saturated carbocycles. The molecule has 0 aliphatic carbocycles. The van der Waals surface area contributed by atoms with Gasteiger partial charge in [0.1, 0.15) is 13.3 Å². The van der Waals surface area contributed by atoms with Crippen molar-refractivity contribution >= 4 is 0 Å². The van der Waals surface area contributed by atoms with E-state index >= 15 is 0 Å².